The summed E-state index contributed by atoms with van der Waals surface area (Å²) < 4.78 is 16.3. The van der Waals surface area contributed by atoms with Gasteiger partial charge in [-0.2, -0.15) is 0 Å². The van der Waals surface area contributed by atoms with Gasteiger partial charge in [0.25, 0.3) is 0 Å². The van der Waals surface area contributed by atoms with E-state index in [1.54, 1.807) is 5.30 Å². The summed E-state index contributed by atoms with van der Waals surface area (Å²) >= 11 is 0. The van der Waals surface area contributed by atoms with Crippen LogP contribution in [0.1, 0.15) is 115 Å². The lowest BCUT2D eigenvalue weighted by molar-refractivity contribution is 0.0195. The maximum Gasteiger partial charge on any atom is 0.100 e. The third kappa shape index (κ3) is 4.95. The second-order valence-corrected chi connectivity index (χ2v) is 23.4. The normalized spacial score (nSPS) is 38.0. The van der Waals surface area contributed by atoms with Crippen LogP contribution in [-0.2, 0) is 11.0 Å². The van der Waals surface area contributed by atoms with Gasteiger partial charge in [-0.25, -0.2) is 8.51 Å². The van der Waals surface area contributed by atoms with Crippen LogP contribution in [0.3, 0.4) is 0 Å². The Balaban J connectivity index is 1.25. The molecule has 8 bridgehead atoms. The van der Waals surface area contributed by atoms with Crippen molar-refractivity contribution >= 4 is 35.0 Å². The lowest BCUT2D eigenvalue weighted by Crippen LogP contribution is -2.58. The fourth-order valence-corrected chi connectivity index (χ4v) is 19.8. The quantitative estimate of drug-likeness (QED) is 0.233. The summed E-state index contributed by atoms with van der Waals surface area (Å²) in [6.45, 7) is 6.42. The molecule has 0 N–H and O–H groups in total. The average Bonchev–Trinajstić information content (AvgIpc) is 2.99. The summed E-state index contributed by atoms with van der Waals surface area (Å²) in [4.78, 5) is 0. The Bertz CT molecular complexity index is 1560. The van der Waals surface area contributed by atoms with E-state index in [4.69, 9.17) is 0 Å². The molecule has 3 aromatic carbocycles. The van der Waals surface area contributed by atoms with Crippen molar-refractivity contribution in [2.75, 3.05) is 7.05 Å². The minimum Gasteiger partial charge on any atom is -0.242 e. The molecule has 0 aliphatic heterocycles. The van der Waals surface area contributed by atoms with Crippen molar-refractivity contribution in [3.8, 4) is 0 Å². The summed E-state index contributed by atoms with van der Waals surface area (Å²) in [6.07, 6.45) is 18.0. The van der Waals surface area contributed by atoms with Gasteiger partial charge in [0.2, 0.25) is 0 Å². The van der Waals surface area contributed by atoms with E-state index in [9.17, 15) is 4.21 Å². The van der Waals surface area contributed by atoms with E-state index in [0.29, 0.717) is 10.3 Å². The molecule has 0 heterocycles. The smallest absolute Gasteiger partial charge is 0.100 e. The molecule has 11 rings (SSSR count). The molecule has 0 saturated heterocycles. The Morgan fingerprint density at radius 1 is 0.674 bits per heavy atom. The van der Waals surface area contributed by atoms with Gasteiger partial charge in [-0.05, 0) is 177 Å². The molecular weight excluding hydrogens is 598 g/mol. The minimum atomic E-state index is -1.15. The van der Waals surface area contributed by atoms with Gasteiger partial charge in [0.05, 0.1) is 10.8 Å². The lowest BCUT2D eigenvalue weighted by atomic mass is 9.55. The van der Waals surface area contributed by atoms with Crippen LogP contribution in [-0.4, -0.2) is 30.6 Å². The Kier molecular flexibility index (Phi) is 7.29. The molecule has 8 fully saturated rings. The Morgan fingerprint density at radius 2 is 1.13 bits per heavy atom. The topological polar surface area (TPSA) is 20.3 Å². The standard InChI is InChI=1S/C42H54NOPS/c1-40(2,3)46(44)43(4)39(36-14-13-34-9-5-6-10-35(34)21-36)37-11-7-8-12-38(37)45(41-22-28-15-29(23-41)17-30(16-28)24-41)42-25-31-18-32(26-42)20-33(19-31)27-42/h5-14,21,28-33,39H,15-20,22-27H2,1-4H3/t28?,29?,30?,31?,32?,33?,39-,41?,42?,45?,46?/m0/s1. The van der Waals surface area contributed by atoms with Crippen molar-refractivity contribution in [3.05, 3.63) is 77.9 Å². The van der Waals surface area contributed by atoms with Crippen molar-refractivity contribution < 1.29 is 4.21 Å². The first-order valence-electron chi connectivity index (χ1n) is 18.6. The van der Waals surface area contributed by atoms with Crippen LogP contribution in [0, 0.1) is 35.5 Å². The Morgan fingerprint density at radius 3 is 1.63 bits per heavy atom. The van der Waals surface area contributed by atoms with Gasteiger partial charge in [-0.1, -0.05) is 68.6 Å². The third-order valence-electron chi connectivity index (χ3n) is 13.7. The third-order valence-corrected chi connectivity index (χ3v) is 19.3. The minimum absolute atomic E-state index is 0.0336. The number of benzene rings is 3. The van der Waals surface area contributed by atoms with Crippen molar-refractivity contribution in [1.29, 1.82) is 0 Å². The molecule has 0 aromatic heterocycles. The van der Waals surface area contributed by atoms with Crippen LogP contribution in [0.5, 0.6) is 0 Å². The molecule has 4 heteroatoms. The first kappa shape index (κ1) is 30.5. The van der Waals surface area contributed by atoms with Gasteiger partial charge in [-0.3, -0.25) is 0 Å². The summed E-state index contributed by atoms with van der Waals surface area (Å²) in [7, 11) is 0.620. The first-order valence-corrected chi connectivity index (χ1v) is 21.1. The maximum atomic E-state index is 14.4. The van der Waals surface area contributed by atoms with E-state index in [1.165, 1.54) is 98.9 Å². The molecule has 2 atom stereocenters. The van der Waals surface area contributed by atoms with Crippen molar-refractivity contribution in [2.45, 2.75) is 119 Å². The van der Waals surface area contributed by atoms with Crippen LogP contribution in [0.2, 0.25) is 0 Å². The molecule has 244 valence electrons. The maximum absolute atomic E-state index is 14.4. The number of nitrogens with zero attached hydrogens (tertiary/aromatic N) is 1. The number of rotatable bonds is 7. The first-order chi connectivity index (χ1) is 22.1. The van der Waals surface area contributed by atoms with E-state index < -0.39 is 11.0 Å². The fraction of sp³-hybridized carbons (Fsp3) is 0.619. The van der Waals surface area contributed by atoms with E-state index in [0.717, 1.165) is 35.5 Å². The zero-order chi connectivity index (χ0) is 31.4. The lowest BCUT2D eigenvalue weighted by Gasteiger charge is -2.67. The molecule has 0 radical (unpaired) electrons. The van der Waals surface area contributed by atoms with E-state index in [2.05, 4.69) is 98.9 Å². The van der Waals surface area contributed by atoms with Crippen LogP contribution >= 0.6 is 7.92 Å². The summed E-state index contributed by atoms with van der Waals surface area (Å²) in [5, 5.41) is 5.27. The second-order valence-electron chi connectivity index (χ2n) is 18.1. The molecular formula is C42H54NOPS. The highest BCUT2D eigenvalue weighted by Crippen LogP contribution is 2.78. The molecule has 8 saturated carbocycles. The molecule has 2 nitrogen and oxygen atoms in total. The molecule has 8 aliphatic carbocycles. The van der Waals surface area contributed by atoms with Crippen LogP contribution in [0.25, 0.3) is 10.8 Å². The summed E-state index contributed by atoms with van der Waals surface area (Å²) in [5.74, 6) is 5.78. The molecule has 46 heavy (non-hydrogen) atoms. The molecule has 3 aromatic rings. The van der Waals surface area contributed by atoms with Gasteiger partial charge >= 0.3 is 0 Å². The predicted molar refractivity (Wildman–Crippen MR) is 196 cm³/mol. The average molecular weight is 652 g/mol. The number of fused-ring (bicyclic) bond motifs is 1. The molecule has 0 amide bonds. The SMILES string of the molecule is CN([C@@H](c1ccc2ccccc2c1)c1ccccc1P(C12CC3CC(CC(C3)C1)C2)C12CC3CC(CC(C3)C1)C2)S(=O)C(C)(C)C. The highest BCUT2D eigenvalue weighted by Gasteiger charge is 2.63. The highest BCUT2D eigenvalue weighted by molar-refractivity contribution is 7.84. The largest absolute Gasteiger partial charge is 0.242 e. The predicted octanol–water partition coefficient (Wildman–Crippen LogP) is 10.4. The van der Waals surface area contributed by atoms with Crippen LogP contribution in [0.4, 0.5) is 0 Å². The monoisotopic (exact) mass is 651 g/mol. The Labute approximate surface area is 281 Å². The Hall–Kier alpha value is -1.54. The molecule has 8 aliphatic rings. The second kappa shape index (κ2) is 11.0. The number of hydrogen-bond donors (Lipinski definition) is 0. The summed E-state index contributed by atoms with van der Waals surface area (Å²) in [6, 6.07) is 25.6. The van der Waals surface area contributed by atoms with E-state index in [-0.39, 0.29) is 18.7 Å². The van der Waals surface area contributed by atoms with Gasteiger partial charge in [0, 0.05) is 7.05 Å². The number of hydrogen-bond acceptors (Lipinski definition) is 1. The zero-order valence-corrected chi connectivity index (χ0v) is 30.3. The zero-order valence-electron chi connectivity index (χ0n) is 28.6. The summed E-state index contributed by atoms with van der Waals surface area (Å²) in [5.41, 5.74) is 2.76. The van der Waals surface area contributed by atoms with Crippen molar-refractivity contribution in [1.82, 2.24) is 4.31 Å². The van der Waals surface area contributed by atoms with Crippen LogP contribution in [0.15, 0.2) is 66.7 Å². The van der Waals surface area contributed by atoms with Crippen LogP contribution < -0.4 is 5.30 Å². The van der Waals surface area contributed by atoms with E-state index in [1.807, 2.05) is 0 Å². The highest BCUT2D eigenvalue weighted by atomic mass is 32.2. The van der Waals surface area contributed by atoms with Gasteiger partial charge < -0.3 is 0 Å². The molecule has 0 spiro atoms. The molecule has 1 unspecified atom stereocenters. The van der Waals surface area contributed by atoms with Gasteiger partial charge in [0.15, 0.2) is 0 Å². The van der Waals surface area contributed by atoms with Crippen molar-refractivity contribution in [2.24, 2.45) is 35.5 Å². The fourth-order valence-electron chi connectivity index (χ4n) is 13.1. The van der Waals surface area contributed by atoms with E-state index >= 15 is 0 Å². The van der Waals surface area contributed by atoms with Crippen molar-refractivity contribution in [3.63, 3.8) is 0 Å². The van der Waals surface area contributed by atoms with Gasteiger partial charge in [0.1, 0.15) is 11.0 Å². The van der Waals surface area contributed by atoms with Gasteiger partial charge in [-0.15, -0.1) is 0 Å².